The van der Waals surface area contributed by atoms with Gasteiger partial charge in [0.2, 0.25) is 0 Å². The minimum absolute atomic E-state index is 0.102. The zero-order valence-corrected chi connectivity index (χ0v) is 15.6. The minimum atomic E-state index is -0.102. The maximum Gasteiger partial charge on any atom is 0.185 e. The highest BCUT2D eigenvalue weighted by molar-refractivity contribution is 6.07. The second-order valence-electron chi connectivity index (χ2n) is 5.93. The lowest BCUT2D eigenvalue weighted by Gasteiger charge is -2.10. The maximum absolute atomic E-state index is 12.4. The molecule has 0 saturated carbocycles. The highest BCUT2D eigenvalue weighted by Crippen LogP contribution is 2.28. The molecule has 0 fully saturated rings. The average Bonchev–Trinajstić information content (AvgIpc) is 2.66. The molecule has 0 amide bonds. The van der Waals surface area contributed by atoms with E-state index in [4.69, 9.17) is 14.2 Å². The Morgan fingerprint density at radius 3 is 2.31 bits per heavy atom. The van der Waals surface area contributed by atoms with Crippen LogP contribution < -0.4 is 14.2 Å². The summed E-state index contributed by atoms with van der Waals surface area (Å²) in [5.41, 5.74) is 2.65. The summed E-state index contributed by atoms with van der Waals surface area (Å²) in [6, 6.07) is 12.7. The fourth-order valence-electron chi connectivity index (χ4n) is 2.22. The lowest BCUT2D eigenvalue weighted by molar-refractivity contribution is 0.104. The van der Waals surface area contributed by atoms with Gasteiger partial charge in [-0.1, -0.05) is 23.8 Å². The SMILES string of the molecule is COc1ccc(/C=C/C(=O)c2ccc(OCC=C(C)C)c(OC)c2)cc1. The van der Waals surface area contributed by atoms with Crippen LogP contribution in [0.2, 0.25) is 0 Å². The van der Waals surface area contributed by atoms with Crippen molar-refractivity contribution in [3.05, 3.63) is 71.3 Å². The van der Waals surface area contributed by atoms with Gasteiger partial charge in [-0.3, -0.25) is 4.79 Å². The molecular formula is C22H24O4. The Hall–Kier alpha value is -3.01. The second kappa shape index (κ2) is 9.47. The molecule has 0 aromatic heterocycles. The molecule has 0 aliphatic carbocycles. The zero-order valence-electron chi connectivity index (χ0n) is 15.6. The third-order valence-electron chi connectivity index (χ3n) is 3.72. The molecule has 0 aliphatic rings. The molecule has 0 unspecified atom stereocenters. The van der Waals surface area contributed by atoms with Crippen LogP contribution >= 0.6 is 0 Å². The zero-order chi connectivity index (χ0) is 18.9. The molecule has 136 valence electrons. The Morgan fingerprint density at radius 1 is 0.962 bits per heavy atom. The van der Waals surface area contributed by atoms with E-state index in [1.807, 2.05) is 44.2 Å². The van der Waals surface area contributed by atoms with Crippen molar-refractivity contribution in [1.82, 2.24) is 0 Å². The van der Waals surface area contributed by atoms with Gasteiger partial charge in [0.05, 0.1) is 14.2 Å². The number of benzene rings is 2. The van der Waals surface area contributed by atoms with Gasteiger partial charge in [-0.25, -0.2) is 0 Å². The molecule has 4 nitrogen and oxygen atoms in total. The number of allylic oxidation sites excluding steroid dienone is 2. The standard InChI is InChI=1S/C22H24O4/c1-16(2)13-14-26-21-12-8-18(15-22(21)25-4)20(23)11-7-17-5-9-19(24-3)10-6-17/h5-13,15H,14H2,1-4H3/b11-7+. The normalized spacial score (nSPS) is 10.5. The fraction of sp³-hybridized carbons (Fsp3) is 0.227. The van der Waals surface area contributed by atoms with Crippen molar-refractivity contribution in [2.24, 2.45) is 0 Å². The van der Waals surface area contributed by atoms with E-state index < -0.39 is 0 Å². The van der Waals surface area contributed by atoms with Crippen LogP contribution in [0, 0.1) is 0 Å². The van der Waals surface area contributed by atoms with Crippen molar-refractivity contribution < 1.29 is 19.0 Å². The lowest BCUT2D eigenvalue weighted by atomic mass is 10.1. The fourth-order valence-corrected chi connectivity index (χ4v) is 2.22. The third kappa shape index (κ3) is 5.52. The first-order chi connectivity index (χ1) is 12.5. The van der Waals surface area contributed by atoms with Gasteiger partial charge in [0.1, 0.15) is 12.4 Å². The average molecular weight is 352 g/mol. The maximum atomic E-state index is 12.4. The predicted octanol–water partition coefficient (Wildman–Crippen LogP) is 4.94. The molecule has 2 aromatic rings. The van der Waals surface area contributed by atoms with Crippen molar-refractivity contribution in [2.75, 3.05) is 20.8 Å². The number of hydrogen-bond acceptors (Lipinski definition) is 4. The first-order valence-electron chi connectivity index (χ1n) is 8.34. The van der Waals surface area contributed by atoms with E-state index >= 15 is 0 Å². The van der Waals surface area contributed by atoms with Crippen LogP contribution in [-0.4, -0.2) is 26.6 Å². The largest absolute Gasteiger partial charge is 0.497 e. The van der Waals surface area contributed by atoms with Crippen LogP contribution in [0.15, 0.2) is 60.2 Å². The predicted molar refractivity (Wildman–Crippen MR) is 104 cm³/mol. The van der Waals surface area contributed by atoms with Crippen molar-refractivity contribution in [3.63, 3.8) is 0 Å². The van der Waals surface area contributed by atoms with Gasteiger partial charge in [-0.2, -0.15) is 0 Å². The number of carbonyl (C=O) groups excluding carboxylic acids is 1. The number of carbonyl (C=O) groups is 1. The van der Waals surface area contributed by atoms with Gasteiger partial charge in [-0.15, -0.1) is 0 Å². The molecule has 0 heterocycles. The third-order valence-corrected chi connectivity index (χ3v) is 3.72. The lowest BCUT2D eigenvalue weighted by Crippen LogP contribution is -2.00. The first-order valence-corrected chi connectivity index (χ1v) is 8.34. The molecular weight excluding hydrogens is 328 g/mol. The Bertz CT molecular complexity index is 797. The molecule has 0 atom stereocenters. The van der Waals surface area contributed by atoms with E-state index in [0.717, 1.165) is 11.3 Å². The van der Waals surface area contributed by atoms with Crippen molar-refractivity contribution in [1.29, 1.82) is 0 Å². The van der Waals surface area contributed by atoms with Crippen LogP contribution in [0.1, 0.15) is 29.8 Å². The first kappa shape index (κ1) is 19.3. The van der Waals surface area contributed by atoms with Crippen LogP contribution in [0.4, 0.5) is 0 Å². The van der Waals surface area contributed by atoms with Crippen LogP contribution in [0.3, 0.4) is 0 Å². The number of methoxy groups -OCH3 is 2. The van der Waals surface area contributed by atoms with Crippen LogP contribution in [-0.2, 0) is 0 Å². The molecule has 0 radical (unpaired) electrons. The monoisotopic (exact) mass is 352 g/mol. The Labute approximate surface area is 154 Å². The number of ether oxygens (including phenoxy) is 3. The highest BCUT2D eigenvalue weighted by Gasteiger charge is 2.09. The topological polar surface area (TPSA) is 44.8 Å². The van der Waals surface area contributed by atoms with E-state index in [1.54, 1.807) is 44.6 Å². The summed E-state index contributed by atoms with van der Waals surface area (Å²) in [5, 5.41) is 0. The molecule has 26 heavy (non-hydrogen) atoms. The summed E-state index contributed by atoms with van der Waals surface area (Å²) >= 11 is 0. The molecule has 0 saturated heterocycles. The summed E-state index contributed by atoms with van der Waals surface area (Å²) in [6.45, 7) is 4.48. The van der Waals surface area contributed by atoms with E-state index in [2.05, 4.69) is 0 Å². The Kier molecular flexibility index (Phi) is 7.03. The molecule has 0 spiro atoms. The molecule has 2 rings (SSSR count). The molecule has 2 aromatic carbocycles. The molecule has 0 aliphatic heterocycles. The van der Waals surface area contributed by atoms with Gasteiger partial charge in [-0.05, 0) is 61.9 Å². The smallest absolute Gasteiger partial charge is 0.185 e. The van der Waals surface area contributed by atoms with E-state index in [-0.39, 0.29) is 5.78 Å². The van der Waals surface area contributed by atoms with Gasteiger partial charge in [0.25, 0.3) is 0 Å². The summed E-state index contributed by atoms with van der Waals surface area (Å²) < 4.78 is 16.1. The minimum Gasteiger partial charge on any atom is -0.497 e. The summed E-state index contributed by atoms with van der Waals surface area (Å²) in [6.07, 6.45) is 5.30. The van der Waals surface area contributed by atoms with Crippen molar-refractivity contribution in [2.45, 2.75) is 13.8 Å². The Balaban J connectivity index is 2.10. The molecule has 0 N–H and O–H groups in total. The van der Waals surface area contributed by atoms with Gasteiger partial charge in [0, 0.05) is 5.56 Å². The highest BCUT2D eigenvalue weighted by atomic mass is 16.5. The molecule has 4 heteroatoms. The second-order valence-corrected chi connectivity index (χ2v) is 5.93. The van der Waals surface area contributed by atoms with E-state index in [9.17, 15) is 4.79 Å². The van der Waals surface area contributed by atoms with Gasteiger partial charge >= 0.3 is 0 Å². The number of ketones is 1. The quantitative estimate of drug-likeness (QED) is 0.383. The van der Waals surface area contributed by atoms with Gasteiger partial charge < -0.3 is 14.2 Å². The summed E-state index contributed by atoms with van der Waals surface area (Å²) in [5.74, 6) is 1.83. The van der Waals surface area contributed by atoms with Crippen molar-refractivity contribution >= 4 is 11.9 Å². The van der Waals surface area contributed by atoms with E-state index in [0.29, 0.717) is 23.7 Å². The van der Waals surface area contributed by atoms with Gasteiger partial charge in [0.15, 0.2) is 17.3 Å². The molecule has 0 bridgehead atoms. The summed E-state index contributed by atoms with van der Waals surface area (Å²) in [4.78, 5) is 12.4. The summed E-state index contributed by atoms with van der Waals surface area (Å²) in [7, 11) is 3.18. The Morgan fingerprint density at radius 2 is 1.69 bits per heavy atom. The number of rotatable bonds is 8. The van der Waals surface area contributed by atoms with Crippen LogP contribution in [0.5, 0.6) is 17.2 Å². The van der Waals surface area contributed by atoms with Crippen molar-refractivity contribution in [3.8, 4) is 17.2 Å². The van der Waals surface area contributed by atoms with E-state index in [1.165, 1.54) is 5.57 Å². The van der Waals surface area contributed by atoms with Crippen LogP contribution in [0.25, 0.3) is 6.08 Å². The number of hydrogen-bond donors (Lipinski definition) is 0.